The summed E-state index contributed by atoms with van der Waals surface area (Å²) in [6.45, 7) is 7.64. The number of hydrogen-bond acceptors (Lipinski definition) is 4. The Bertz CT molecular complexity index is 291. The molecule has 1 fully saturated rings. The van der Waals surface area contributed by atoms with Gasteiger partial charge in [-0.1, -0.05) is 13.8 Å². The summed E-state index contributed by atoms with van der Waals surface area (Å²) in [4.78, 5) is 25.0. The molecule has 1 rings (SSSR count). The van der Waals surface area contributed by atoms with Crippen LogP contribution in [0.1, 0.15) is 33.6 Å². The number of ether oxygens (including phenoxy) is 2. The first kappa shape index (κ1) is 14.8. The number of carbonyl (C=O) groups excluding carboxylic acids is 2. The second-order valence-electron chi connectivity index (χ2n) is 5.01. The van der Waals surface area contributed by atoms with Crippen LogP contribution >= 0.6 is 0 Å². The molecule has 1 heterocycles. The van der Waals surface area contributed by atoms with Gasteiger partial charge in [-0.25, -0.2) is 4.79 Å². The predicted octanol–water partition coefficient (Wildman–Crippen LogP) is 2.05. The van der Waals surface area contributed by atoms with Crippen molar-refractivity contribution in [3.05, 3.63) is 0 Å². The third-order valence-corrected chi connectivity index (χ3v) is 2.84. The van der Waals surface area contributed by atoms with Gasteiger partial charge in [-0.05, 0) is 25.7 Å². The van der Waals surface area contributed by atoms with Crippen molar-refractivity contribution in [3.8, 4) is 0 Å². The van der Waals surface area contributed by atoms with E-state index in [-0.39, 0.29) is 18.0 Å². The van der Waals surface area contributed by atoms with E-state index in [2.05, 4.69) is 0 Å². The third-order valence-electron chi connectivity index (χ3n) is 2.84. The number of hydrogen-bond donors (Lipinski definition) is 0. The number of esters is 1. The van der Waals surface area contributed by atoms with E-state index in [1.165, 1.54) is 0 Å². The highest BCUT2D eigenvalue weighted by Gasteiger charge is 2.30. The lowest BCUT2D eigenvalue weighted by atomic mass is 9.99. The van der Waals surface area contributed by atoms with Crippen LogP contribution in [0.4, 0.5) is 4.79 Å². The zero-order valence-corrected chi connectivity index (χ0v) is 11.5. The first-order chi connectivity index (χ1) is 8.54. The van der Waals surface area contributed by atoms with Gasteiger partial charge in [0, 0.05) is 13.1 Å². The minimum absolute atomic E-state index is 0.203. The summed E-state index contributed by atoms with van der Waals surface area (Å²) in [7, 11) is 0. The van der Waals surface area contributed by atoms with E-state index in [1.807, 2.05) is 13.8 Å². The van der Waals surface area contributed by atoms with Crippen molar-refractivity contribution in [2.24, 2.45) is 11.8 Å². The molecule has 104 valence electrons. The minimum atomic E-state index is -0.322. The molecule has 1 atom stereocenters. The second-order valence-corrected chi connectivity index (χ2v) is 5.01. The van der Waals surface area contributed by atoms with Gasteiger partial charge in [-0.15, -0.1) is 0 Å². The van der Waals surface area contributed by atoms with E-state index >= 15 is 0 Å². The van der Waals surface area contributed by atoms with E-state index in [0.717, 1.165) is 12.8 Å². The van der Waals surface area contributed by atoms with Crippen LogP contribution in [0.2, 0.25) is 0 Å². The van der Waals surface area contributed by atoms with Crippen LogP contribution in [0.5, 0.6) is 0 Å². The van der Waals surface area contributed by atoms with E-state index in [1.54, 1.807) is 11.8 Å². The van der Waals surface area contributed by atoms with Crippen molar-refractivity contribution in [1.82, 2.24) is 4.90 Å². The molecule has 0 radical (unpaired) electrons. The second kappa shape index (κ2) is 7.24. The molecule has 0 aromatic carbocycles. The highest BCUT2D eigenvalue weighted by atomic mass is 16.6. The molecular weight excluding hydrogens is 234 g/mol. The summed E-state index contributed by atoms with van der Waals surface area (Å²) in [5.74, 6) is -0.0937. The lowest BCUT2D eigenvalue weighted by molar-refractivity contribution is -0.149. The molecule has 0 saturated carbocycles. The molecule has 0 unspecified atom stereocenters. The van der Waals surface area contributed by atoms with Crippen molar-refractivity contribution in [1.29, 1.82) is 0 Å². The van der Waals surface area contributed by atoms with Crippen LogP contribution in [0, 0.1) is 11.8 Å². The van der Waals surface area contributed by atoms with Crippen LogP contribution in [-0.2, 0) is 14.3 Å². The molecule has 1 saturated heterocycles. The van der Waals surface area contributed by atoms with E-state index in [0.29, 0.717) is 32.2 Å². The van der Waals surface area contributed by atoms with Gasteiger partial charge in [0.2, 0.25) is 0 Å². The van der Waals surface area contributed by atoms with Crippen LogP contribution in [-0.4, -0.2) is 43.3 Å². The van der Waals surface area contributed by atoms with Crippen molar-refractivity contribution < 1.29 is 19.1 Å². The van der Waals surface area contributed by atoms with Gasteiger partial charge in [0.25, 0.3) is 0 Å². The summed E-state index contributed by atoms with van der Waals surface area (Å²) < 4.78 is 10.2. The number of piperidine rings is 1. The Hall–Kier alpha value is -1.26. The molecule has 1 aliphatic heterocycles. The summed E-state index contributed by atoms with van der Waals surface area (Å²) >= 11 is 0. The minimum Gasteiger partial charge on any atom is -0.466 e. The average molecular weight is 257 g/mol. The molecular formula is C13H23NO4. The van der Waals surface area contributed by atoms with Gasteiger partial charge in [-0.2, -0.15) is 0 Å². The molecule has 5 nitrogen and oxygen atoms in total. The normalized spacial score (nSPS) is 19.8. The number of amides is 1. The summed E-state index contributed by atoms with van der Waals surface area (Å²) in [6, 6.07) is 0. The highest BCUT2D eigenvalue weighted by molar-refractivity contribution is 5.74. The van der Waals surface area contributed by atoms with Gasteiger partial charge in [-0.3, -0.25) is 4.79 Å². The molecule has 0 aromatic rings. The molecule has 0 bridgehead atoms. The topological polar surface area (TPSA) is 55.8 Å². The molecule has 5 heteroatoms. The lowest BCUT2D eigenvalue weighted by Crippen LogP contribution is -2.43. The summed E-state index contributed by atoms with van der Waals surface area (Å²) in [6.07, 6.45) is 1.28. The number of carbonyl (C=O) groups is 2. The number of rotatable bonds is 4. The molecule has 18 heavy (non-hydrogen) atoms. The Morgan fingerprint density at radius 2 is 2.06 bits per heavy atom. The SMILES string of the molecule is CCOC(=O)[C@H]1CCCN(C(=O)OCC(C)C)C1. The maximum atomic E-state index is 11.8. The van der Waals surface area contributed by atoms with Gasteiger partial charge in [0.05, 0.1) is 19.1 Å². The fourth-order valence-corrected chi connectivity index (χ4v) is 1.92. The number of nitrogens with zero attached hydrogens (tertiary/aromatic N) is 1. The van der Waals surface area contributed by atoms with Gasteiger partial charge in [0.1, 0.15) is 0 Å². The Morgan fingerprint density at radius 1 is 1.33 bits per heavy atom. The van der Waals surface area contributed by atoms with Gasteiger partial charge < -0.3 is 14.4 Å². The lowest BCUT2D eigenvalue weighted by Gasteiger charge is -2.30. The van der Waals surface area contributed by atoms with Crippen LogP contribution in [0.15, 0.2) is 0 Å². The Labute approximate surface area is 108 Å². The van der Waals surface area contributed by atoms with Crippen molar-refractivity contribution in [2.45, 2.75) is 33.6 Å². The maximum Gasteiger partial charge on any atom is 0.409 e. The quantitative estimate of drug-likeness (QED) is 0.723. The smallest absolute Gasteiger partial charge is 0.409 e. The Morgan fingerprint density at radius 3 is 2.67 bits per heavy atom. The monoisotopic (exact) mass is 257 g/mol. The molecule has 0 spiro atoms. The van der Waals surface area contributed by atoms with Gasteiger partial charge >= 0.3 is 12.1 Å². The molecule has 0 aliphatic carbocycles. The van der Waals surface area contributed by atoms with E-state index in [9.17, 15) is 9.59 Å². The fourth-order valence-electron chi connectivity index (χ4n) is 1.92. The predicted molar refractivity (Wildman–Crippen MR) is 67.1 cm³/mol. The first-order valence-electron chi connectivity index (χ1n) is 6.63. The molecule has 0 N–H and O–H groups in total. The Balaban J connectivity index is 2.42. The standard InChI is InChI=1S/C13H23NO4/c1-4-17-12(15)11-6-5-7-14(8-11)13(16)18-9-10(2)3/h10-11H,4-9H2,1-3H3/t11-/m0/s1. The Kier molecular flexibility index (Phi) is 5.95. The maximum absolute atomic E-state index is 11.8. The third kappa shape index (κ3) is 4.55. The molecule has 1 aliphatic rings. The van der Waals surface area contributed by atoms with Crippen LogP contribution in [0.3, 0.4) is 0 Å². The molecule has 1 amide bonds. The average Bonchev–Trinajstić information content (AvgIpc) is 2.36. The zero-order valence-electron chi connectivity index (χ0n) is 11.5. The van der Waals surface area contributed by atoms with Crippen LogP contribution in [0.25, 0.3) is 0 Å². The van der Waals surface area contributed by atoms with Crippen LogP contribution < -0.4 is 0 Å². The molecule has 0 aromatic heterocycles. The van der Waals surface area contributed by atoms with Crippen molar-refractivity contribution in [2.75, 3.05) is 26.3 Å². The number of likely N-dealkylation sites (tertiary alicyclic amines) is 1. The fraction of sp³-hybridized carbons (Fsp3) is 0.846. The van der Waals surface area contributed by atoms with E-state index in [4.69, 9.17) is 9.47 Å². The summed E-state index contributed by atoms with van der Waals surface area (Å²) in [5, 5.41) is 0. The van der Waals surface area contributed by atoms with Crippen molar-refractivity contribution >= 4 is 12.1 Å². The summed E-state index contributed by atoms with van der Waals surface area (Å²) in [5.41, 5.74) is 0. The zero-order chi connectivity index (χ0) is 13.5. The largest absolute Gasteiger partial charge is 0.466 e. The first-order valence-corrected chi connectivity index (χ1v) is 6.63. The highest BCUT2D eigenvalue weighted by Crippen LogP contribution is 2.18. The van der Waals surface area contributed by atoms with E-state index < -0.39 is 0 Å². The van der Waals surface area contributed by atoms with Gasteiger partial charge in [0.15, 0.2) is 0 Å². The van der Waals surface area contributed by atoms with Crippen molar-refractivity contribution in [3.63, 3.8) is 0 Å².